The monoisotopic (exact) mass is 427 g/mol. The van der Waals surface area contributed by atoms with Crippen LogP contribution in [0.1, 0.15) is 24.0 Å². The largest absolute Gasteiger partial charge is 0.497 e. The van der Waals surface area contributed by atoms with Crippen LogP contribution in [-0.4, -0.2) is 31.7 Å². The van der Waals surface area contributed by atoms with E-state index in [9.17, 15) is 4.79 Å². The third-order valence-electron chi connectivity index (χ3n) is 5.35. The lowest BCUT2D eigenvalue weighted by molar-refractivity contribution is -0.119. The molecule has 0 bridgehead atoms. The van der Waals surface area contributed by atoms with Crippen molar-refractivity contribution in [2.45, 2.75) is 19.3 Å². The second kappa shape index (κ2) is 9.47. The lowest BCUT2D eigenvalue weighted by Crippen LogP contribution is -2.38. The summed E-state index contributed by atoms with van der Waals surface area (Å²) >= 11 is 0. The third-order valence-corrected chi connectivity index (χ3v) is 5.35. The minimum atomic E-state index is -0.284. The molecule has 1 heterocycles. The smallest absolute Gasteiger partial charge is 0.229 e. The van der Waals surface area contributed by atoms with Gasteiger partial charge in [-0.1, -0.05) is 36.4 Å². The number of carbonyl (C=O) groups excluding carboxylic acids is 1. The molecular formula is C26H25N3O3. The molecule has 3 aromatic rings. The zero-order valence-corrected chi connectivity index (χ0v) is 18.3. The molecule has 0 saturated heterocycles. The summed E-state index contributed by atoms with van der Waals surface area (Å²) in [5, 5.41) is 3.05. The van der Waals surface area contributed by atoms with E-state index in [1.807, 2.05) is 79.7 Å². The van der Waals surface area contributed by atoms with Gasteiger partial charge in [0.1, 0.15) is 17.3 Å². The number of amides is 1. The number of hydrogen-bond acceptors (Lipinski definition) is 5. The van der Waals surface area contributed by atoms with Gasteiger partial charge in [-0.3, -0.25) is 9.79 Å². The number of benzene rings is 3. The quantitative estimate of drug-likeness (QED) is 0.624. The normalized spacial score (nSPS) is 15.0. The van der Waals surface area contributed by atoms with E-state index in [0.29, 0.717) is 5.84 Å². The molecule has 3 aromatic carbocycles. The second-order valence-electron chi connectivity index (χ2n) is 7.52. The van der Waals surface area contributed by atoms with Crippen LogP contribution in [0.4, 0.5) is 11.4 Å². The minimum Gasteiger partial charge on any atom is -0.497 e. The lowest BCUT2D eigenvalue weighted by atomic mass is 9.93. The maximum atomic E-state index is 13.0. The maximum absolute atomic E-state index is 13.0. The molecular weight excluding hydrogens is 402 g/mol. The molecule has 1 atom stereocenters. The number of fused-ring (bicyclic) bond motifs is 1. The van der Waals surface area contributed by atoms with Gasteiger partial charge < -0.3 is 14.8 Å². The Balaban J connectivity index is 1.66. The average Bonchev–Trinajstić information content (AvgIpc) is 2.94. The number of ether oxygens (including phenoxy) is 2. The number of amidine groups is 1. The van der Waals surface area contributed by atoms with Crippen molar-refractivity contribution in [3.05, 3.63) is 83.9 Å². The summed E-state index contributed by atoms with van der Waals surface area (Å²) in [6, 6.07) is 22.9. The Morgan fingerprint density at radius 3 is 2.00 bits per heavy atom. The highest BCUT2D eigenvalue weighted by molar-refractivity contribution is 6.17. The molecule has 0 spiro atoms. The molecule has 0 fully saturated rings. The summed E-state index contributed by atoms with van der Waals surface area (Å²) in [6.45, 7) is 1.96. The Morgan fingerprint density at radius 2 is 1.41 bits per heavy atom. The van der Waals surface area contributed by atoms with Crippen molar-refractivity contribution in [1.29, 1.82) is 0 Å². The van der Waals surface area contributed by atoms with Gasteiger partial charge in [-0.2, -0.15) is 0 Å². The fourth-order valence-electron chi connectivity index (χ4n) is 3.71. The van der Waals surface area contributed by atoms with E-state index >= 15 is 0 Å². The van der Waals surface area contributed by atoms with Crippen molar-refractivity contribution in [2.24, 2.45) is 9.98 Å². The third kappa shape index (κ3) is 4.70. The highest BCUT2D eigenvalue weighted by atomic mass is 16.5. The van der Waals surface area contributed by atoms with E-state index in [0.717, 1.165) is 39.7 Å². The molecule has 4 rings (SSSR count). The summed E-state index contributed by atoms with van der Waals surface area (Å²) in [5.74, 6) is 1.65. The van der Waals surface area contributed by atoms with Gasteiger partial charge in [-0.25, -0.2) is 4.99 Å². The summed E-state index contributed by atoms with van der Waals surface area (Å²) in [4.78, 5) is 22.6. The van der Waals surface area contributed by atoms with Gasteiger partial charge in [0.25, 0.3) is 0 Å². The summed E-state index contributed by atoms with van der Waals surface area (Å²) in [7, 11) is 3.25. The van der Waals surface area contributed by atoms with Crippen LogP contribution in [0.5, 0.6) is 11.5 Å². The van der Waals surface area contributed by atoms with Crippen molar-refractivity contribution < 1.29 is 14.3 Å². The van der Waals surface area contributed by atoms with E-state index in [4.69, 9.17) is 19.5 Å². The summed E-state index contributed by atoms with van der Waals surface area (Å²) in [5.41, 5.74) is 4.22. The predicted molar refractivity (Wildman–Crippen MR) is 127 cm³/mol. The van der Waals surface area contributed by atoms with Crippen LogP contribution in [0.25, 0.3) is 0 Å². The van der Waals surface area contributed by atoms with Crippen LogP contribution < -0.4 is 14.8 Å². The number of methoxy groups -OCH3 is 2. The fraction of sp³-hybridized carbons (Fsp3) is 0.192. The van der Waals surface area contributed by atoms with Gasteiger partial charge in [0.05, 0.1) is 37.9 Å². The number of nitrogens with one attached hydrogen (secondary N) is 1. The molecule has 1 aliphatic heterocycles. The zero-order chi connectivity index (χ0) is 22.5. The summed E-state index contributed by atoms with van der Waals surface area (Å²) in [6.07, 6.45) is 0.232. The zero-order valence-electron chi connectivity index (χ0n) is 18.3. The minimum absolute atomic E-state index is 0.139. The van der Waals surface area contributed by atoms with Crippen molar-refractivity contribution in [2.75, 3.05) is 14.2 Å². The van der Waals surface area contributed by atoms with E-state index in [2.05, 4.69) is 5.32 Å². The van der Waals surface area contributed by atoms with Crippen LogP contribution in [0, 0.1) is 0 Å². The van der Waals surface area contributed by atoms with Crippen LogP contribution >= 0.6 is 0 Å². The van der Waals surface area contributed by atoms with Crippen LogP contribution in [0.3, 0.4) is 0 Å². The first-order valence-electron chi connectivity index (χ1n) is 10.4. The van der Waals surface area contributed by atoms with Crippen molar-refractivity contribution in [3.63, 3.8) is 0 Å². The van der Waals surface area contributed by atoms with Gasteiger partial charge in [0, 0.05) is 5.71 Å². The van der Waals surface area contributed by atoms with Gasteiger partial charge in [-0.05, 0) is 54.4 Å². The first kappa shape index (κ1) is 21.3. The SMILES string of the molecule is COc1ccc(CC(=O)NC2=Nc3ccccc3N=C(C)[C@@H]2c2ccc(OC)cc2)cc1. The fourth-order valence-corrected chi connectivity index (χ4v) is 3.71. The molecule has 0 aromatic heterocycles. The highest BCUT2D eigenvalue weighted by Gasteiger charge is 2.26. The molecule has 32 heavy (non-hydrogen) atoms. The van der Waals surface area contributed by atoms with E-state index in [1.54, 1.807) is 14.2 Å². The number of nitrogens with zero attached hydrogens (tertiary/aromatic N) is 2. The Hall–Kier alpha value is -3.93. The van der Waals surface area contributed by atoms with Gasteiger partial charge in [0.15, 0.2) is 0 Å². The van der Waals surface area contributed by atoms with Gasteiger partial charge >= 0.3 is 0 Å². The molecule has 162 valence electrons. The van der Waals surface area contributed by atoms with Gasteiger partial charge in [-0.15, -0.1) is 0 Å². The van der Waals surface area contributed by atoms with Gasteiger partial charge in [0.2, 0.25) is 5.91 Å². The lowest BCUT2D eigenvalue weighted by Gasteiger charge is -2.20. The molecule has 6 nitrogen and oxygen atoms in total. The van der Waals surface area contributed by atoms with Crippen molar-refractivity contribution in [3.8, 4) is 11.5 Å². The number of para-hydroxylation sites is 2. The molecule has 0 saturated carbocycles. The number of aliphatic imine (C=N–C) groups is 2. The first-order valence-corrected chi connectivity index (χ1v) is 10.4. The Kier molecular flexibility index (Phi) is 6.31. The Morgan fingerprint density at radius 1 is 0.844 bits per heavy atom. The van der Waals surface area contributed by atoms with Crippen molar-refractivity contribution >= 4 is 28.8 Å². The number of carbonyl (C=O) groups is 1. The van der Waals surface area contributed by atoms with Crippen LogP contribution in [-0.2, 0) is 11.2 Å². The molecule has 0 aliphatic carbocycles. The highest BCUT2D eigenvalue weighted by Crippen LogP contribution is 2.34. The average molecular weight is 428 g/mol. The summed E-state index contributed by atoms with van der Waals surface area (Å²) < 4.78 is 10.5. The predicted octanol–water partition coefficient (Wildman–Crippen LogP) is 4.98. The topological polar surface area (TPSA) is 72.3 Å². The Labute approximate surface area is 187 Å². The molecule has 1 amide bonds. The first-order chi connectivity index (χ1) is 15.6. The molecule has 0 unspecified atom stereocenters. The molecule has 0 radical (unpaired) electrons. The Bertz CT molecular complexity index is 1170. The molecule has 1 N–H and O–H groups in total. The standard InChI is InChI=1S/C26H25N3O3/c1-17-25(19-10-14-21(32-3)15-11-19)26(28-23-7-5-4-6-22(23)27-17)29-24(30)16-18-8-12-20(31-2)13-9-18/h4-15,25H,16H2,1-3H3,(H,28,29,30)/t25-/m1/s1. The maximum Gasteiger partial charge on any atom is 0.229 e. The van der Waals surface area contributed by atoms with E-state index < -0.39 is 0 Å². The second-order valence-corrected chi connectivity index (χ2v) is 7.52. The van der Waals surface area contributed by atoms with E-state index in [-0.39, 0.29) is 18.2 Å². The molecule has 1 aliphatic rings. The number of hydrogen-bond donors (Lipinski definition) is 1. The number of rotatable bonds is 5. The van der Waals surface area contributed by atoms with Crippen molar-refractivity contribution in [1.82, 2.24) is 5.32 Å². The van der Waals surface area contributed by atoms with E-state index in [1.165, 1.54) is 0 Å². The van der Waals surface area contributed by atoms with Crippen LogP contribution in [0.15, 0.2) is 82.8 Å². The molecule has 6 heteroatoms. The van der Waals surface area contributed by atoms with Crippen LogP contribution in [0.2, 0.25) is 0 Å².